The first-order valence-electron chi connectivity index (χ1n) is 23.2. The van der Waals surface area contributed by atoms with Gasteiger partial charge in [-0.05, 0) is 123 Å². The lowest BCUT2D eigenvalue weighted by atomic mass is 9.53. The highest BCUT2D eigenvalue weighted by atomic mass is 35.5. The van der Waals surface area contributed by atoms with Crippen LogP contribution in [0.25, 0.3) is 11.0 Å². The summed E-state index contributed by atoms with van der Waals surface area (Å²) in [5.41, 5.74) is 3.58. The number of aromatic nitrogens is 2. The van der Waals surface area contributed by atoms with Crippen molar-refractivity contribution in [2.75, 3.05) is 18.4 Å². The monoisotopic (exact) mass is 908 g/mol. The first-order valence-corrected chi connectivity index (χ1v) is 23.9. The molecule has 5 fully saturated rings. The molecular weight excluding hydrogens is 854 g/mol. The van der Waals surface area contributed by atoms with E-state index >= 15 is 4.39 Å². The molecule has 3 aliphatic carbocycles. The van der Waals surface area contributed by atoms with Crippen LogP contribution in [-0.2, 0) is 31.6 Å². The minimum absolute atomic E-state index is 0.0327. The molecule has 3 aliphatic heterocycles. The maximum absolute atomic E-state index is 16.4. The lowest BCUT2D eigenvalue weighted by Gasteiger charge is -2.47. The first kappa shape index (κ1) is 43.0. The number of likely N-dealkylation sites (tertiary alicyclic amines) is 1. The number of fused-ring (bicyclic) bond motifs is 4. The Morgan fingerprint density at radius 3 is 2.36 bits per heavy atom. The van der Waals surface area contributed by atoms with Gasteiger partial charge in [-0.3, -0.25) is 33.6 Å². The van der Waals surface area contributed by atoms with Crippen LogP contribution in [0.1, 0.15) is 124 Å². The number of nitrogens with one attached hydrogen (secondary N) is 3. The zero-order chi connectivity index (χ0) is 44.7. The summed E-state index contributed by atoms with van der Waals surface area (Å²) in [6.07, 6.45) is 10.7. The molecule has 4 heterocycles. The van der Waals surface area contributed by atoms with Gasteiger partial charge < -0.3 is 15.5 Å². The molecule has 4 amide bonds. The molecule has 1 aromatic heterocycles. The van der Waals surface area contributed by atoms with E-state index in [4.69, 9.17) is 23.2 Å². The maximum atomic E-state index is 16.4. The number of halogens is 3. The third-order valence-electron chi connectivity index (χ3n) is 16.3. The highest BCUT2D eigenvalue weighted by Gasteiger charge is 2.71. The fourth-order valence-electron chi connectivity index (χ4n) is 13.2. The number of rotatable bonds is 7. The second-order valence-corrected chi connectivity index (χ2v) is 20.3. The number of carbonyl (C=O) groups excluding carboxylic acids is 4. The van der Waals surface area contributed by atoms with Crippen LogP contribution in [0.3, 0.4) is 0 Å². The van der Waals surface area contributed by atoms with Crippen LogP contribution < -0.4 is 21.6 Å². The van der Waals surface area contributed by atoms with Crippen molar-refractivity contribution in [3.63, 3.8) is 0 Å². The van der Waals surface area contributed by atoms with Crippen molar-refractivity contribution in [1.82, 2.24) is 24.7 Å². The number of allylic oxidation sites excluding steroid dienone is 1. The van der Waals surface area contributed by atoms with E-state index in [1.165, 1.54) is 4.57 Å². The largest absolute Gasteiger partial charge is 0.386 e. The Kier molecular flexibility index (Phi) is 11.1. The quantitative estimate of drug-likeness (QED) is 0.159. The van der Waals surface area contributed by atoms with E-state index < -0.39 is 34.5 Å². The lowest BCUT2D eigenvalue weighted by molar-refractivity contribution is -0.138. The number of amides is 4. The molecule has 14 heteroatoms. The van der Waals surface area contributed by atoms with Crippen LogP contribution >= 0.6 is 23.2 Å². The molecule has 3 aromatic carbocycles. The molecule has 4 aromatic rings. The molecule has 1 unspecified atom stereocenters. The summed E-state index contributed by atoms with van der Waals surface area (Å²) in [5.74, 6) is -1.83. The topological polar surface area (TPSA) is 135 Å². The molecule has 10 rings (SSSR count). The van der Waals surface area contributed by atoms with Gasteiger partial charge in [0.25, 0.3) is 0 Å². The second-order valence-electron chi connectivity index (χ2n) is 19.5. The van der Waals surface area contributed by atoms with Gasteiger partial charge in [0.2, 0.25) is 23.6 Å². The average molecular weight is 910 g/mol. The van der Waals surface area contributed by atoms with Crippen molar-refractivity contribution in [2.45, 2.75) is 119 Å². The van der Waals surface area contributed by atoms with Crippen LogP contribution in [0.15, 0.2) is 71.7 Å². The summed E-state index contributed by atoms with van der Waals surface area (Å²) < 4.78 is 19.5. The van der Waals surface area contributed by atoms with Crippen LogP contribution in [0.4, 0.5) is 10.1 Å². The maximum Gasteiger partial charge on any atom is 0.329 e. The molecule has 64 heavy (non-hydrogen) atoms. The molecule has 4 atom stereocenters. The number of hydrogen-bond acceptors (Lipinski definition) is 6. The number of nitrogens with zero attached hydrogens (tertiary/aromatic N) is 3. The molecule has 2 saturated heterocycles. The molecule has 3 saturated carbocycles. The fraction of sp³-hybridized carbons (Fsp3) is 0.500. The van der Waals surface area contributed by atoms with Gasteiger partial charge in [-0.15, -0.1) is 0 Å². The Bertz CT molecular complexity index is 2660. The highest BCUT2D eigenvalue weighted by Crippen LogP contribution is 2.72. The second kappa shape index (κ2) is 16.5. The van der Waals surface area contributed by atoms with Gasteiger partial charge in [0, 0.05) is 66.8 Å². The number of hydrogen-bond donors (Lipinski definition) is 3. The number of piperidine rings is 2. The van der Waals surface area contributed by atoms with Crippen molar-refractivity contribution < 1.29 is 23.6 Å². The lowest BCUT2D eigenvalue weighted by Crippen LogP contribution is -2.51. The van der Waals surface area contributed by atoms with Gasteiger partial charge in [0.15, 0.2) is 0 Å². The van der Waals surface area contributed by atoms with E-state index in [1.807, 2.05) is 41.3 Å². The summed E-state index contributed by atoms with van der Waals surface area (Å²) in [6.45, 7) is 5.97. The van der Waals surface area contributed by atoms with E-state index in [0.717, 1.165) is 93.0 Å². The Morgan fingerprint density at radius 1 is 0.875 bits per heavy atom. The van der Waals surface area contributed by atoms with Crippen molar-refractivity contribution in [3.8, 4) is 0 Å². The number of imidazole rings is 1. The molecule has 0 radical (unpaired) electrons. The summed E-state index contributed by atoms with van der Waals surface area (Å²) in [4.78, 5) is 68.6. The van der Waals surface area contributed by atoms with Crippen molar-refractivity contribution in [2.24, 2.45) is 24.3 Å². The average Bonchev–Trinajstić information content (AvgIpc) is 3.84. The number of anilines is 1. The van der Waals surface area contributed by atoms with Crippen molar-refractivity contribution >= 4 is 63.6 Å². The molecule has 0 bridgehead atoms. The third-order valence-corrected chi connectivity index (χ3v) is 16.8. The van der Waals surface area contributed by atoms with Crippen LogP contribution in [0, 0.1) is 23.1 Å². The molecule has 6 aliphatic rings. The summed E-state index contributed by atoms with van der Waals surface area (Å²) in [5, 5.41) is 9.92. The van der Waals surface area contributed by atoms with E-state index in [-0.39, 0.29) is 65.1 Å². The van der Waals surface area contributed by atoms with E-state index in [1.54, 1.807) is 29.8 Å². The Hall–Kier alpha value is -4.94. The SMILES string of the molecule is C=C(N[C@H]1CC[C@H](C(=O)N2CCC(c3ccc4c(c3)n(C)c(=O)n4C3CCC(=O)NC3=O)CC2)CC1)[C@@H]1CC2(CCCCC2)[C@@]2(C(=O)Nc3cc(Cl)ccc32)[C@H]1c1cccc(Cl)c1F. The molecular formula is C50H55Cl2FN6O5. The minimum atomic E-state index is -1.04. The van der Waals surface area contributed by atoms with Crippen molar-refractivity contribution in [1.29, 1.82) is 0 Å². The zero-order valence-electron chi connectivity index (χ0n) is 36.2. The van der Waals surface area contributed by atoms with E-state index in [9.17, 15) is 24.0 Å². The predicted molar refractivity (Wildman–Crippen MR) is 245 cm³/mol. The van der Waals surface area contributed by atoms with Gasteiger partial charge in [-0.2, -0.15) is 0 Å². The van der Waals surface area contributed by atoms with Crippen LogP contribution in [-0.4, -0.2) is 56.8 Å². The molecule has 2 spiro atoms. The number of carbonyl (C=O) groups is 4. The van der Waals surface area contributed by atoms with Crippen molar-refractivity contribution in [3.05, 3.63) is 110 Å². The Morgan fingerprint density at radius 2 is 1.62 bits per heavy atom. The van der Waals surface area contributed by atoms with E-state index in [2.05, 4.69) is 22.5 Å². The van der Waals surface area contributed by atoms with Crippen LogP contribution in [0.2, 0.25) is 10.0 Å². The molecule has 3 N–H and O–H groups in total. The van der Waals surface area contributed by atoms with Gasteiger partial charge in [0.05, 0.1) is 21.5 Å². The predicted octanol–water partition coefficient (Wildman–Crippen LogP) is 8.78. The fourth-order valence-corrected chi connectivity index (χ4v) is 13.6. The minimum Gasteiger partial charge on any atom is -0.386 e. The first-order chi connectivity index (χ1) is 30.8. The van der Waals surface area contributed by atoms with Gasteiger partial charge in [-0.25, -0.2) is 9.18 Å². The third kappa shape index (κ3) is 6.83. The normalized spacial score (nSPS) is 28.1. The number of benzene rings is 3. The number of imide groups is 1. The zero-order valence-corrected chi connectivity index (χ0v) is 37.7. The van der Waals surface area contributed by atoms with Gasteiger partial charge in [-0.1, -0.05) is 73.3 Å². The standard InChI is InChI=1S/C50H55Cl2FN6O5/c1-28(35-27-49(21-4-3-5-22-49)50(43(35)34-7-6-8-37(52)44(34)53)36-15-12-32(51)26-38(36)55-47(50)63)54-33-13-9-30(10-14-33)46(62)58-23-19-29(20-24-58)31-11-16-39-41(25-31)57(2)48(64)59(39)40-17-18-42(60)56-45(40)61/h6-8,11-12,15-16,25-26,29-30,33,35,40,43,54H,1,3-5,9-10,13-14,17-24,27H2,2H3,(H,55,63)(H,56,60,61)/t30-,33-,35-,40?,43-,50+/m0/s1. The molecule has 336 valence electrons. The smallest absolute Gasteiger partial charge is 0.329 e. The highest BCUT2D eigenvalue weighted by molar-refractivity contribution is 6.31. The van der Waals surface area contributed by atoms with E-state index in [0.29, 0.717) is 41.3 Å². The number of aryl methyl sites for hydroxylation is 1. The van der Waals surface area contributed by atoms with Gasteiger partial charge in [0.1, 0.15) is 11.9 Å². The van der Waals surface area contributed by atoms with Crippen LogP contribution in [0.5, 0.6) is 0 Å². The Labute approximate surface area is 382 Å². The summed E-state index contributed by atoms with van der Waals surface area (Å²) >= 11 is 13.0. The van der Waals surface area contributed by atoms with Gasteiger partial charge >= 0.3 is 5.69 Å². The summed E-state index contributed by atoms with van der Waals surface area (Å²) in [6, 6.07) is 16.1. The summed E-state index contributed by atoms with van der Waals surface area (Å²) in [7, 11) is 1.71. The Balaban J connectivity index is 0.815. The molecule has 11 nitrogen and oxygen atoms in total.